The van der Waals surface area contributed by atoms with Gasteiger partial charge in [0.05, 0.1) is 0 Å². The topological polar surface area (TPSA) is 75.4 Å². The van der Waals surface area contributed by atoms with Crippen molar-refractivity contribution in [3.8, 4) is 11.4 Å². The molecule has 0 radical (unpaired) electrons. The van der Waals surface area contributed by atoms with Gasteiger partial charge in [-0.05, 0) is 36.4 Å². The van der Waals surface area contributed by atoms with E-state index in [0.717, 1.165) is 24.5 Å². The lowest BCUT2D eigenvalue weighted by molar-refractivity contribution is 0.0746. The Kier molecular flexibility index (Phi) is 5.49. The van der Waals surface area contributed by atoms with Crippen molar-refractivity contribution in [1.29, 1.82) is 0 Å². The van der Waals surface area contributed by atoms with Crippen LogP contribution in [0.5, 0.6) is 0 Å². The summed E-state index contributed by atoms with van der Waals surface area (Å²) in [4.78, 5) is 25.6. The van der Waals surface area contributed by atoms with Crippen LogP contribution in [0.15, 0.2) is 47.1 Å². The van der Waals surface area contributed by atoms with E-state index in [-0.39, 0.29) is 11.8 Å². The molecule has 3 aromatic rings. The Morgan fingerprint density at radius 3 is 2.38 bits per heavy atom. The molecule has 1 aliphatic heterocycles. The summed E-state index contributed by atoms with van der Waals surface area (Å²) in [6.45, 7) is 6.77. The highest BCUT2D eigenvalue weighted by molar-refractivity contribution is 6.30. The van der Waals surface area contributed by atoms with Gasteiger partial charge in [0.2, 0.25) is 11.7 Å². The summed E-state index contributed by atoms with van der Waals surface area (Å²) in [5, 5.41) is 4.65. The van der Waals surface area contributed by atoms with Crippen molar-refractivity contribution in [2.45, 2.75) is 19.8 Å². The highest BCUT2D eigenvalue weighted by Crippen LogP contribution is 2.22. The molecule has 2 aromatic heterocycles. The van der Waals surface area contributed by atoms with Crippen LogP contribution in [0.2, 0.25) is 5.02 Å². The predicted molar refractivity (Wildman–Crippen MR) is 111 cm³/mol. The summed E-state index contributed by atoms with van der Waals surface area (Å²) < 4.78 is 5.26. The highest BCUT2D eigenvalue weighted by Gasteiger charge is 2.23. The van der Waals surface area contributed by atoms with Crippen molar-refractivity contribution in [2.24, 2.45) is 0 Å². The minimum Gasteiger partial charge on any atom is -0.353 e. The Hall–Kier alpha value is -2.93. The number of hydrogen-bond donors (Lipinski definition) is 0. The number of benzene rings is 1. The maximum Gasteiger partial charge on any atom is 0.253 e. The molecule has 8 heteroatoms. The molecule has 1 fully saturated rings. The first-order valence-electron chi connectivity index (χ1n) is 9.61. The zero-order chi connectivity index (χ0) is 20.4. The van der Waals surface area contributed by atoms with Crippen molar-refractivity contribution in [2.75, 3.05) is 31.1 Å². The number of carbonyl (C=O) groups excluding carboxylic acids is 1. The molecular weight excluding hydrogens is 390 g/mol. The van der Waals surface area contributed by atoms with Gasteiger partial charge in [-0.1, -0.05) is 30.6 Å². The normalized spacial score (nSPS) is 14.5. The van der Waals surface area contributed by atoms with Crippen LogP contribution in [0.1, 0.15) is 36.0 Å². The Morgan fingerprint density at radius 2 is 1.79 bits per heavy atom. The van der Waals surface area contributed by atoms with Gasteiger partial charge in [0.15, 0.2) is 0 Å². The van der Waals surface area contributed by atoms with E-state index in [9.17, 15) is 4.79 Å². The predicted octanol–water partition coefficient (Wildman–Crippen LogP) is 3.87. The molecule has 7 nitrogen and oxygen atoms in total. The van der Waals surface area contributed by atoms with E-state index >= 15 is 0 Å². The van der Waals surface area contributed by atoms with Crippen molar-refractivity contribution < 1.29 is 9.32 Å². The molecule has 0 aliphatic carbocycles. The van der Waals surface area contributed by atoms with Gasteiger partial charge in [-0.2, -0.15) is 4.98 Å². The fraction of sp³-hybridized carbons (Fsp3) is 0.333. The zero-order valence-corrected chi connectivity index (χ0v) is 17.1. The fourth-order valence-electron chi connectivity index (χ4n) is 3.21. The van der Waals surface area contributed by atoms with Crippen molar-refractivity contribution in [3.05, 3.63) is 59.1 Å². The molecule has 0 N–H and O–H groups in total. The number of nitrogens with zero attached hydrogens (tertiary/aromatic N) is 5. The van der Waals surface area contributed by atoms with Crippen LogP contribution in [-0.4, -0.2) is 52.1 Å². The smallest absolute Gasteiger partial charge is 0.253 e. The summed E-state index contributed by atoms with van der Waals surface area (Å²) in [5.74, 6) is 2.26. The summed E-state index contributed by atoms with van der Waals surface area (Å²) in [5.41, 5.74) is 1.48. The van der Waals surface area contributed by atoms with E-state index in [1.165, 1.54) is 0 Å². The molecule has 1 amide bonds. The second-order valence-electron chi connectivity index (χ2n) is 7.30. The number of piperazine rings is 1. The largest absolute Gasteiger partial charge is 0.353 e. The van der Waals surface area contributed by atoms with Crippen LogP contribution in [0.3, 0.4) is 0 Å². The van der Waals surface area contributed by atoms with E-state index in [2.05, 4.69) is 20.0 Å². The first-order valence-corrected chi connectivity index (χ1v) is 9.99. The lowest BCUT2D eigenvalue weighted by Crippen LogP contribution is -2.49. The minimum absolute atomic E-state index is 0.0303. The molecule has 0 spiro atoms. The molecule has 150 valence electrons. The quantitative estimate of drug-likeness (QED) is 0.648. The van der Waals surface area contributed by atoms with Crippen molar-refractivity contribution in [1.82, 2.24) is 20.0 Å². The molecule has 0 saturated carbocycles. The molecule has 1 saturated heterocycles. The Morgan fingerprint density at radius 1 is 1.07 bits per heavy atom. The molecule has 0 unspecified atom stereocenters. The van der Waals surface area contributed by atoms with Crippen molar-refractivity contribution >= 4 is 23.3 Å². The molecular formula is C21H22ClN5O2. The molecule has 0 atom stereocenters. The van der Waals surface area contributed by atoms with Crippen LogP contribution < -0.4 is 4.90 Å². The number of rotatable bonds is 4. The number of aromatic nitrogens is 3. The number of pyridine rings is 1. The second kappa shape index (κ2) is 8.21. The molecule has 3 heterocycles. The van der Waals surface area contributed by atoms with Crippen LogP contribution in [0, 0.1) is 0 Å². The van der Waals surface area contributed by atoms with E-state index in [1.807, 2.05) is 30.9 Å². The van der Waals surface area contributed by atoms with Crippen LogP contribution in [-0.2, 0) is 0 Å². The lowest BCUT2D eigenvalue weighted by atomic mass is 10.2. The maximum absolute atomic E-state index is 12.6. The molecule has 1 aliphatic rings. The van der Waals surface area contributed by atoms with Gasteiger partial charge in [-0.15, -0.1) is 0 Å². The molecule has 1 aromatic carbocycles. The Bertz CT molecular complexity index is 977. The average Bonchev–Trinajstić information content (AvgIpc) is 3.25. The van der Waals surface area contributed by atoms with Gasteiger partial charge < -0.3 is 14.3 Å². The third-order valence-electron chi connectivity index (χ3n) is 4.92. The summed E-state index contributed by atoms with van der Waals surface area (Å²) in [6.07, 6.45) is 1.76. The number of amides is 1. The maximum atomic E-state index is 12.6. The zero-order valence-electron chi connectivity index (χ0n) is 16.4. The summed E-state index contributed by atoms with van der Waals surface area (Å²) in [7, 11) is 0. The molecule has 29 heavy (non-hydrogen) atoms. The van der Waals surface area contributed by atoms with Crippen LogP contribution in [0.4, 0.5) is 5.82 Å². The number of anilines is 1. The van der Waals surface area contributed by atoms with Crippen LogP contribution >= 0.6 is 11.6 Å². The summed E-state index contributed by atoms with van der Waals surface area (Å²) >= 11 is 5.90. The van der Waals surface area contributed by atoms with Gasteiger partial charge in [-0.25, -0.2) is 4.98 Å². The lowest BCUT2D eigenvalue weighted by Gasteiger charge is -2.35. The van der Waals surface area contributed by atoms with Gasteiger partial charge in [0, 0.05) is 54.4 Å². The first kappa shape index (κ1) is 19.4. The van der Waals surface area contributed by atoms with Gasteiger partial charge in [0.25, 0.3) is 5.91 Å². The van der Waals surface area contributed by atoms with Gasteiger partial charge >= 0.3 is 0 Å². The third kappa shape index (κ3) is 4.24. The minimum atomic E-state index is 0.0303. The second-order valence-corrected chi connectivity index (χ2v) is 7.74. The van der Waals surface area contributed by atoms with E-state index in [4.69, 9.17) is 16.1 Å². The molecule has 0 bridgehead atoms. The average molecular weight is 412 g/mol. The molecule has 4 rings (SSSR count). The first-order chi connectivity index (χ1) is 14.0. The number of hydrogen-bond acceptors (Lipinski definition) is 6. The number of halogens is 1. The number of carbonyl (C=O) groups is 1. The SMILES string of the molecule is CC(C)c1nc(-c2ccc(N3CCN(C(=O)c4ccc(Cl)cc4)CC3)nc2)no1. The summed E-state index contributed by atoms with van der Waals surface area (Å²) in [6, 6.07) is 10.9. The standard InChI is InChI=1S/C21H22ClN5O2/c1-14(2)20-24-19(25-29-20)16-5-8-18(23-13-16)26-9-11-27(12-10-26)21(28)15-3-6-17(22)7-4-15/h3-8,13-14H,9-12H2,1-2H3. The van der Waals surface area contributed by atoms with Gasteiger partial charge in [0.1, 0.15) is 5.82 Å². The highest BCUT2D eigenvalue weighted by atomic mass is 35.5. The van der Waals surface area contributed by atoms with Crippen molar-refractivity contribution in [3.63, 3.8) is 0 Å². The fourth-order valence-corrected chi connectivity index (χ4v) is 3.33. The Balaban J connectivity index is 1.38. The van der Waals surface area contributed by atoms with Crippen LogP contribution in [0.25, 0.3) is 11.4 Å². The Labute approximate surface area is 174 Å². The van der Waals surface area contributed by atoms with E-state index < -0.39 is 0 Å². The van der Waals surface area contributed by atoms with E-state index in [0.29, 0.717) is 35.4 Å². The third-order valence-corrected chi connectivity index (χ3v) is 5.18. The van der Waals surface area contributed by atoms with E-state index in [1.54, 1.807) is 30.5 Å². The van der Waals surface area contributed by atoms with Gasteiger partial charge in [-0.3, -0.25) is 4.79 Å². The monoisotopic (exact) mass is 411 g/mol.